The van der Waals surface area contributed by atoms with E-state index < -0.39 is 21.0 Å². The number of piperidine rings is 1. The summed E-state index contributed by atoms with van der Waals surface area (Å²) in [6.45, 7) is 8.37. The first-order chi connectivity index (χ1) is 12.8. The van der Waals surface area contributed by atoms with Crippen molar-refractivity contribution in [3.05, 3.63) is 5.01 Å². The molecule has 1 N–H and O–H groups in total. The molecule has 0 bridgehead atoms. The van der Waals surface area contributed by atoms with Crippen LogP contribution in [0.15, 0.2) is 0 Å². The summed E-state index contributed by atoms with van der Waals surface area (Å²) in [7, 11) is -1.28. The zero-order chi connectivity index (χ0) is 21.3. The summed E-state index contributed by atoms with van der Waals surface area (Å²) in [6, 6.07) is 0.115. The van der Waals surface area contributed by atoms with Crippen molar-refractivity contribution in [1.29, 1.82) is 0 Å². The van der Waals surface area contributed by atoms with Crippen LogP contribution in [-0.2, 0) is 20.2 Å². The average molecular weight is 428 g/mol. The van der Waals surface area contributed by atoms with Gasteiger partial charge in [0.2, 0.25) is 21.1 Å². The Balaban J connectivity index is 2.04. The molecule has 0 spiro atoms. The monoisotopic (exact) mass is 427 g/mol. The van der Waals surface area contributed by atoms with E-state index in [0.29, 0.717) is 36.1 Å². The minimum absolute atomic E-state index is 0.115. The quantitative estimate of drug-likeness (QED) is 0.692. The number of rotatable bonds is 6. The van der Waals surface area contributed by atoms with Gasteiger partial charge in [0.15, 0.2) is 0 Å². The summed E-state index contributed by atoms with van der Waals surface area (Å²) in [5.74, 6) is 2.48. The topological polar surface area (TPSA) is 95.5 Å². The largest absolute Gasteiger partial charge is 0.299 e. The third-order valence-corrected chi connectivity index (χ3v) is 7.88. The lowest BCUT2D eigenvalue weighted by molar-refractivity contribution is -0.127. The van der Waals surface area contributed by atoms with Crippen LogP contribution < -0.4 is 5.32 Å². The summed E-state index contributed by atoms with van der Waals surface area (Å²) >= 11 is 1.27. The van der Waals surface area contributed by atoms with E-state index >= 15 is 0 Å². The average Bonchev–Trinajstić information content (AvgIpc) is 3.09. The fraction of sp³-hybridized carbons (Fsp3) is 0.722. The molecule has 1 aromatic rings. The summed E-state index contributed by atoms with van der Waals surface area (Å²) < 4.78 is 24.9. The zero-order valence-electron chi connectivity index (χ0n) is 17.3. The molecule has 28 heavy (non-hydrogen) atoms. The Morgan fingerprint density at radius 1 is 1.29 bits per heavy atom. The number of carbonyl (C=O) groups excluding carboxylic acids is 1. The first kappa shape index (κ1) is 22.7. The highest BCUT2D eigenvalue weighted by molar-refractivity contribution is 7.88. The molecule has 0 atom stereocenters. The molecule has 8 nitrogen and oxygen atoms in total. The Kier molecular flexibility index (Phi) is 6.55. The summed E-state index contributed by atoms with van der Waals surface area (Å²) in [6.07, 6.45) is 8.12. The van der Waals surface area contributed by atoms with Gasteiger partial charge in [0.05, 0.1) is 17.2 Å². The fourth-order valence-electron chi connectivity index (χ4n) is 3.02. The molecule has 156 valence electrons. The van der Waals surface area contributed by atoms with Crippen molar-refractivity contribution in [2.24, 2.45) is 0 Å². The molecule has 0 saturated carbocycles. The number of nitrogens with one attached hydrogen (secondary N) is 1. The number of sulfonamides is 1. The maximum atomic E-state index is 12.9. The van der Waals surface area contributed by atoms with Crippen LogP contribution in [0.2, 0.25) is 0 Å². The number of nitrogens with zero attached hydrogens (tertiary/aromatic N) is 4. The minimum atomic E-state index is -3.17. The van der Waals surface area contributed by atoms with Crippen molar-refractivity contribution >= 4 is 32.4 Å². The van der Waals surface area contributed by atoms with Crippen LogP contribution >= 0.6 is 11.3 Å². The second-order valence-corrected chi connectivity index (χ2v) is 11.2. The lowest BCUT2D eigenvalue weighted by Crippen LogP contribution is -2.57. The number of carbonyl (C=O) groups is 1. The number of anilines is 1. The first-order valence-electron chi connectivity index (χ1n) is 9.10. The van der Waals surface area contributed by atoms with Gasteiger partial charge in [-0.15, -0.1) is 16.6 Å². The van der Waals surface area contributed by atoms with Crippen LogP contribution in [0.25, 0.3) is 0 Å². The molecule has 1 fully saturated rings. The summed E-state index contributed by atoms with van der Waals surface area (Å²) in [4.78, 5) is 14.9. The van der Waals surface area contributed by atoms with Gasteiger partial charge in [-0.2, -0.15) is 0 Å². The van der Waals surface area contributed by atoms with Crippen LogP contribution in [0.4, 0.5) is 5.13 Å². The van der Waals surface area contributed by atoms with E-state index in [1.807, 2.05) is 39.6 Å². The highest BCUT2D eigenvalue weighted by Gasteiger charge is 2.39. The van der Waals surface area contributed by atoms with E-state index in [1.165, 1.54) is 21.9 Å². The van der Waals surface area contributed by atoms with E-state index in [-0.39, 0.29) is 11.9 Å². The highest BCUT2D eigenvalue weighted by atomic mass is 32.2. The van der Waals surface area contributed by atoms with Crippen LogP contribution in [-0.4, -0.2) is 71.7 Å². The Labute approximate surface area is 171 Å². The lowest BCUT2D eigenvalue weighted by Gasteiger charge is -2.43. The molecular formula is C18H29N5O3S2. The molecule has 1 saturated heterocycles. The molecule has 0 aliphatic carbocycles. The number of amides is 1. The van der Waals surface area contributed by atoms with Gasteiger partial charge in [-0.3, -0.25) is 15.0 Å². The number of hydrogen-bond acceptors (Lipinski definition) is 7. The van der Waals surface area contributed by atoms with Gasteiger partial charge >= 0.3 is 0 Å². The van der Waals surface area contributed by atoms with Crippen molar-refractivity contribution < 1.29 is 13.2 Å². The van der Waals surface area contributed by atoms with Crippen molar-refractivity contribution in [1.82, 2.24) is 19.4 Å². The second kappa shape index (κ2) is 8.06. The van der Waals surface area contributed by atoms with Gasteiger partial charge in [0, 0.05) is 19.1 Å². The first-order valence-corrected chi connectivity index (χ1v) is 11.8. The van der Waals surface area contributed by atoms with Crippen molar-refractivity contribution in [3.8, 4) is 12.3 Å². The standard InChI is InChI=1S/C18H29N5O3S2/c1-8-17(2,3)15-20-21-16(27-15)19-14(24)18(4,5)22(6)13-9-11-23(12-10-13)28(7,25)26/h1,13H,9-12H2,2-7H3,(H,19,21,24). The molecule has 10 heteroatoms. The van der Waals surface area contributed by atoms with Crippen molar-refractivity contribution in [3.63, 3.8) is 0 Å². The van der Waals surface area contributed by atoms with Crippen molar-refractivity contribution in [2.75, 3.05) is 31.7 Å². The van der Waals surface area contributed by atoms with E-state index in [4.69, 9.17) is 6.42 Å². The Bertz CT molecular complexity index is 862. The van der Waals surface area contributed by atoms with Crippen LogP contribution in [0.3, 0.4) is 0 Å². The Morgan fingerprint density at radius 3 is 2.36 bits per heavy atom. The summed E-state index contributed by atoms with van der Waals surface area (Å²) in [5.41, 5.74) is -1.34. The van der Waals surface area contributed by atoms with Crippen LogP contribution in [0, 0.1) is 12.3 Å². The van der Waals surface area contributed by atoms with Gasteiger partial charge < -0.3 is 0 Å². The van der Waals surface area contributed by atoms with E-state index in [0.717, 1.165) is 0 Å². The SMILES string of the molecule is C#CC(C)(C)c1nnc(NC(=O)C(C)(C)N(C)C2CCN(S(C)(=O)=O)CC2)s1. The predicted octanol–water partition coefficient (Wildman–Crippen LogP) is 1.52. The molecule has 1 aliphatic rings. The number of hydrogen-bond donors (Lipinski definition) is 1. The van der Waals surface area contributed by atoms with E-state index in [2.05, 4.69) is 21.4 Å². The maximum absolute atomic E-state index is 12.9. The highest BCUT2D eigenvalue weighted by Crippen LogP contribution is 2.29. The van der Waals surface area contributed by atoms with Crippen LogP contribution in [0.1, 0.15) is 45.5 Å². The van der Waals surface area contributed by atoms with Gasteiger partial charge in [0.1, 0.15) is 5.01 Å². The Hall–Kier alpha value is -1.54. The zero-order valence-corrected chi connectivity index (χ0v) is 18.9. The number of likely N-dealkylation sites (N-methyl/N-ethyl adjacent to an activating group) is 1. The predicted molar refractivity (Wildman–Crippen MR) is 112 cm³/mol. The smallest absolute Gasteiger partial charge is 0.246 e. The third-order valence-electron chi connectivity index (χ3n) is 5.42. The van der Waals surface area contributed by atoms with Gasteiger partial charge in [-0.05, 0) is 47.6 Å². The molecule has 1 aliphatic heterocycles. The number of terminal acetylenes is 1. The van der Waals surface area contributed by atoms with E-state index in [1.54, 1.807) is 0 Å². The molecule has 0 unspecified atom stereocenters. The third kappa shape index (κ3) is 4.89. The lowest BCUT2D eigenvalue weighted by atomic mass is 9.95. The molecule has 2 heterocycles. The fourth-order valence-corrected chi connectivity index (χ4v) is 4.69. The number of aromatic nitrogens is 2. The molecule has 2 rings (SSSR count). The minimum Gasteiger partial charge on any atom is -0.299 e. The molecule has 1 aromatic heterocycles. The van der Waals surface area contributed by atoms with Gasteiger partial charge in [0.25, 0.3) is 0 Å². The normalized spacial score (nSPS) is 17.5. The second-order valence-electron chi connectivity index (χ2n) is 8.20. The van der Waals surface area contributed by atoms with Crippen molar-refractivity contribution in [2.45, 2.75) is 57.5 Å². The molecule has 0 radical (unpaired) electrons. The van der Waals surface area contributed by atoms with Gasteiger partial charge in [-0.25, -0.2) is 12.7 Å². The molecule has 0 aromatic carbocycles. The van der Waals surface area contributed by atoms with Crippen LogP contribution in [0.5, 0.6) is 0 Å². The van der Waals surface area contributed by atoms with E-state index in [9.17, 15) is 13.2 Å². The molecular weight excluding hydrogens is 398 g/mol. The molecule has 1 amide bonds. The maximum Gasteiger partial charge on any atom is 0.246 e. The Morgan fingerprint density at radius 2 is 1.86 bits per heavy atom. The summed E-state index contributed by atoms with van der Waals surface area (Å²) in [5, 5.41) is 12.1. The van der Waals surface area contributed by atoms with Gasteiger partial charge in [-0.1, -0.05) is 17.3 Å².